The third kappa shape index (κ3) is 2.74. The molecule has 1 aromatic carbocycles. The Morgan fingerprint density at radius 1 is 1.19 bits per heavy atom. The molecule has 138 valence electrons. The Kier molecular flexibility index (Phi) is 3.81. The first kappa shape index (κ1) is 16.2. The van der Waals surface area contributed by atoms with Crippen molar-refractivity contribution in [1.29, 1.82) is 0 Å². The molecule has 0 amide bonds. The van der Waals surface area contributed by atoms with Gasteiger partial charge in [0.1, 0.15) is 0 Å². The number of rotatable bonds is 4. The minimum absolute atomic E-state index is 0.0176. The molecule has 4 N–H and O–H groups in total. The van der Waals surface area contributed by atoms with Crippen LogP contribution < -0.4 is 11.5 Å². The zero-order valence-electron chi connectivity index (χ0n) is 15.1. The number of nitrogens with zero attached hydrogens (tertiary/aromatic N) is 5. The van der Waals surface area contributed by atoms with Gasteiger partial charge in [0, 0.05) is 12.1 Å². The van der Waals surface area contributed by atoms with Gasteiger partial charge in [0.15, 0.2) is 0 Å². The maximum atomic E-state index is 5.39. The lowest BCUT2D eigenvalue weighted by Crippen LogP contribution is -2.49. The highest BCUT2D eigenvalue weighted by Crippen LogP contribution is 2.61. The molecule has 0 saturated heterocycles. The van der Waals surface area contributed by atoms with E-state index in [1.54, 1.807) is 5.57 Å². The summed E-state index contributed by atoms with van der Waals surface area (Å²) in [5.41, 5.74) is 17.2. The molecule has 0 bridgehead atoms. The van der Waals surface area contributed by atoms with Crippen molar-refractivity contribution in [2.24, 2.45) is 33.5 Å². The molecule has 3 unspecified atom stereocenters. The molecule has 3 aliphatic carbocycles. The first-order valence-corrected chi connectivity index (χ1v) is 9.53. The van der Waals surface area contributed by atoms with Crippen molar-refractivity contribution in [2.75, 3.05) is 0 Å². The van der Waals surface area contributed by atoms with Crippen molar-refractivity contribution in [3.8, 4) is 0 Å². The van der Waals surface area contributed by atoms with Gasteiger partial charge in [-0.05, 0) is 48.7 Å². The number of allylic oxidation sites excluding steroid dienone is 2. The van der Waals surface area contributed by atoms with Gasteiger partial charge in [0.2, 0.25) is 5.96 Å². The highest BCUT2D eigenvalue weighted by atomic mass is 15.4. The van der Waals surface area contributed by atoms with Gasteiger partial charge in [-0.1, -0.05) is 41.1 Å². The SMILES string of the molecule is NC(N)=NN=C1CC2C1=C1CCCC(c3cn(Cc4ccccc4)nn3)C12. The number of guanidine groups is 1. The van der Waals surface area contributed by atoms with Crippen LogP contribution in [0.3, 0.4) is 0 Å². The second-order valence-electron chi connectivity index (χ2n) is 7.67. The zero-order chi connectivity index (χ0) is 18.4. The maximum Gasteiger partial charge on any atom is 0.211 e. The third-order valence-electron chi connectivity index (χ3n) is 6.08. The minimum atomic E-state index is 0.0176. The Balaban J connectivity index is 1.35. The summed E-state index contributed by atoms with van der Waals surface area (Å²) in [7, 11) is 0. The van der Waals surface area contributed by atoms with Crippen LogP contribution in [0.15, 0.2) is 57.9 Å². The summed E-state index contributed by atoms with van der Waals surface area (Å²) >= 11 is 0. The molecule has 3 atom stereocenters. The van der Waals surface area contributed by atoms with E-state index in [1.165, 1.54) is 24.0 Å². The molecule has 1 heterocycles. The highest BCUT2D eigenvalue weighted by molar-refractivity contribution is 6.10. The average Bonchev–Trinajstić information content (AvgIpc) is 3.10. The van der Waals surface area contributed by atoms with E-state index in [1.807, 2.05) is 10.7 Å². The normalized spacial score (nSPS) is 27.4. The van der Waals surface area contributed by atoms with E-state index in [0.29, 0.717) is 17.8 Å². The van der Waals surface area contributed by atoms with Gasteiger partial charge in [0.05, 0.1) is 18.0 Å². The molecule has 27 heavy (non-hydrogen) atoms. The van der Waals surface area contributed by atoms with Crippen LogP contribution in [-0.4, -0.2) is 26.7 Å². The van der Waals surface area contributed by atoms with Gasteiger partial charge in [-0.3, -0.25) is 0 Å². The van der Waals surface area contributed by atoms with E-state index in [4.69, 9.17) is 11.5 Å². The quantitative estimate of drug-likeness (QED) is 0.494. The largest absolute Gasteiger partial charge is 0.369 e. The summed E-state index contributed by atoms with van der Waals surface area (Å²) in [6, 6.07) is 10.4. The zero-order valence-corrected chi connectivity index (χ0v) is 15.1. The van der Waals surface area contributed by atoms with Crippen molar-refractivity contribution in [2.45, 2.75) is 38.1 Å². The van der Waals surface area contributed by atoms with Crippen molar-refractivity contribution < 1.29 is 0 Å². The van der Waals surface area contributed by atoms with Gasteiger partial charge in [-0.2, -0.15) is 5.10 Å². The standard InChI is InChI=1S/C20H23N7/c21-20(22)25-23-16-9-15-18-13(7-4-8-14(18)19(15)16)17-11-27(26-24-17)10-12-5-2-1-3-6-12/h1-3,5-6,11,13,15,18H,4,7-10H2,(H4,21,22,25). The van der Waals surface area contributed by atoms with Crippen molar-refractivity contribution in [1.82, 2.24) is 15.0 Å². The Labute approximate surface area is 157 Å². The lowest BCUT2D eigenvalue weighted by Gasteiger charge is -2.54. The molecule has 2 saturated carbocycles. The van der Waals surface area contributed by atoms with E-state index in [0.717, 1.165) is 30.8 Å². The summed E-state index contributed by atoms with van der Waals surface area (Å²) in [6.07, 6.45) is 6.63. The molecule has 3 aliphatic rings. The molecule has 7 nitrogen and oxygen atoms in total. The summed E-state index contributed by atoms with van der Waals surface area (Å²) < 4.78 is 1.95. The van der Waals surface area contributed by atoms with Gasteiger partial charge in [-0.25, -0.2) is 4.68 Å². The Hall–Kier alpha value is -2.96. The Bertz CT molecular complexity index is 950. The van der Waals surface area contributed by atoms with Crippen LogP contribution in [0.2, 0.25) is 0 Å². The van der Waals surface area contributed by atoms with Crippen LogP contribution in [0.4, 0.5) is 0 Å². The number of fused-ring (bicyclic) bond motifs is 3. The number of hydrogen-bond acceptors (Lipinski definition) is 4. The molecule has 2 fully saturated rings. The van der Waals surface area contributed by atoms with E-state index in [2.05, 4.69) is 51.0 Å². The highest BCUT2D eigenvalue weighted by Gasteiger charge is 2.54. The number of hydrogen-bond donors (Lipinski definition) is 2. The van der Waals surface area contributed by atoms with Crippen molar-refractivity contribution in [3.63, 3.8) is 0 Å². The van der Waals surface area contributed by atoms with Crippen LogP contribution in [-0.2, 0) is 6.54 Å². The lowest BCUT2D eigenvalue weighted by atomic mass is 9.49. The molecule has 7 heteroatoms. The van der Waals surface area contributed by atoms with Crippen molar-refractivity contribution in [3.05, 3.63) is 58.9 Å². The van der Waals surface area contributed by atoms with Crippen LogP contribution in [0.5, 0.6) is 0 Å². The molecule has 2 aromatic rings. The van der Waals surface area contributed by atoms with Gasteiger partial charge < -0.3 is 11.5 Å². The summed E-state index contributed by atoms with van der Waals surface area (Å²) in [5.74, 6) is 1.67. The molecule has 5 rings (SSSR count). The van der Waals surface area contributed by atoms with E-state index in [9.17, 15) is 0 Å². The van der Waals surface area contributed by atoms with Gasteiger partial charge in [0.25, 0.3) is 0 Å². The summed E-state index contributed by atoms with van der Waals surface area (Å²) in [5, 5.41) is 16.9. The molecule has 0 aliphatic heterocycles. The monoisotopic (exact) mass is 361 g/mol. The van der Waals surface area contributed by atoms with Crippen LogP contribution in [0.25, 0.3) is 0 Å². The Morgan fingerprint density at radius 2 is 2.04 bits per heavy atom. The maximum absolute atomic E-state index is 5.39. The number of benzene rings is 1. The summed E-state index contributed by atoms with van der Waals surface area (Å²) in [6.45, 7) is 0.762. The lowest BCUT2D eigenvalue weighted by molar-refractivity contribution is 0.243. The molecular weight excluding hydrogens is 338 g/mol. The van der Waals surface area contributed by atoms with E-state index >= 15 is 0 Å². The third-order valence-corrected chi connectivity index (χ3v) is 6.08. The minimum Gasteiger partial charge on any atom is -0.369 e. The first-order valence-electron chi connectivity index (χ1n) is 9.53. The smallest absolute Gasteiger partial charge is 0.211 e. The van der Waals surface area contributed by atoms with Gasteiger partial charge in [-0.15, -0.1) is 10.2 Å². The van der Waals surface area contributed by atoms with Crippen LogP contribution in [0.1, 0.15) is 42.9 Å². The predicted octanol–water partition coefficient (Wildman–Crippen LogP) is 2.17. The van der Waals surface area contributed by atoms with E-state index in [-0.39, 0.29) is 5.96 Å². The number of aromatic nitrogens is 3. The van der Waals surface area contributed by atoms with Gasteiger partial charge >= 0.3 is 0 Å². The van der Waals surface area contributed by atoms with Crippen molar-refractivity contribution >= 4 is 11.7 Å². The second-order valence-corrected chi connectivity index (χ2v) is 7.67. The molecule has 0 radical (unpaired) electrons. The molecule has 0 spiro atoms. The fourth-order valence-corrected chi connectivity index (χ4v) is 4.95. The summed E-state index contributed by atoms with van der Waals surface area (Å²) in [4.78, 5) is 0. The molecule has 1 aromatic heterocycles. The van der Waals surface area contributed by atoms with E-state index < -0.39 is 0 Å². The second kappa shape index (κ2) is 6.33. The Morgan fingerprint density at radius 3 is 2.85 bits per heavy atom. The molecular formula is C20H23N7. The van der Waals surface area contributed by atoms with Crippen LogP contribution in [0, 0.1) is 11.8 Å². The number of nitrogens with two attached hydrogens (primary N) is 2. The van der Waals surface area contributed by atoms with Crippen LogP contribution >= 0.6 is 0 Å². The first-order chi connectivity index (χ1) is 13.2. The fraction of sp³-hybridized carbons (Fsp3) is 0.400. The predicted molar refractivity (Wildman–Crippen MR) is 104 cm³/mol. The average molecular weight is 361 g/mol. The topological polar surface area (TPSA) is 107 Å². The fourth-order valence-electron chi connectivity index (χ4n) is 4.95.